The van der Waals surface area contributed by atoms with E-state index in [0.717, 1.165) is 31.5 Å². The van der Waals surface area contributed by atoms with E-state index in [0.29, 0.717) is 15.8 Å². The fraction of sp³-hybridized carbons (Fsp3) is 0.462. The zero-order chi connectivity index (χ0) is 13.2. The third-order valence-electron chi connectivity index (χ3n) is 3.43. The third-order valence-corrected chi connectivity index (χ3v) is 4.15. The van der Waals surface area contributed by atoms with Crippen molar-refractivity contribution in [1.82, 2.24) is 5.32 Å². The first-order chi connectivity index (χ1) is 8.63. The number of piperidine rings is 1. The summed E-state index contributed by atoms with van der Waals surface area (Å²) in [6, 6.07) is 5.88. The maximum atomic E-state index is 9.57. The Morgan fingerprint density at radius 1 is 1.28 bits per heavy atom. The number of rotatable bonds is 2. The van der Waals surface area contributed by atoms with Crippen molar-refractivity contribution in [2.24, 2.45) is 0 Å². The van der Waals surface area contributed by atoms with Gasteiger partial charge in [0, 0.05) is 11.6 Å². The summed E-state index contributed by atoms with van der Waals surface area (Å²) in [7, 11) is 1.58. The summed E-state index contributed by atoms with van der Waals surface area (Å²) in [4.78, 5) is 0. The van der Waals surface area contributed by atoms with Gasteiger partial charge in [0.1, 0.15) is 5.75 Å². The van der Waals surface area contributed by atoms with Gasteiger partial charge in [0.05, 0.1) is 28.6 Å². The molecule has 5 heteroatoms. The molecule has 1 fully saturated rings. The molecule has 1 aliphatic heterocycles. The quantitative estimate of drug-likeness (QED) is 0.908. The number of benzene rings is 1. The van der Waals surface area contributed by atoms with Crippen LogP contribution in [0.1, 0.15) is 18.4 Å². The molecule has 1 N–H and O–H groups in total. The molecular formula is C13H14Cl2N2O. The Hall–Kier alpha value is -0.950. The van der Waals surface area contributed by atoms with Gasteiger partial charge >= 0.3 is 0 Å². The zero-order valence-corrected chi connectivity index (χ0v) is 11.6. The van der Waals surface area contributed by atoms with Crippen molar-refractivity contribution in [3.63, 3.8) is 0 Å². The number of methoxy groups -OCH3 is 1. The van der Waals surface area contributed by atoms with Gasteiger partial charge in [-0.15, -0.1) is 0 Å². The largest absolute Gasteiger partial charge is 0.496 e. The molecule has 0 spiro atoms. The molecule has 0 aromatic heterocycles. The lowest BCUT2D eigenvalue weighted by Crippen LogP contribution is -2.39. The van der Waals surface area contributed by atoms with Crippen LogP contribution in [0.15, 0.2) is 12.1 Å². The van der Waals surface area contributed by atoms with Crippen molar-refractivity contribution >= 4 is 23.2 Å². The van der Waals surface area contributed by atoms with Gasteiger partial charge < -0.3 is 10.1 Å². The number of hydrogen-bond acceptors (Lipinski definition) is 3. The highest BCUT2D eigenvalue weighted by atomic mass is 35.5. The molecule has 3 nitrogen and oxygen atoms in total. The standard InChI is InChI=1S/C13H14Cl2N2O/c1-18-12-7-11(15)10(14)6-9(12)13(8-16)2-4-17-5-3-13/h6-7,17H,2-5H2,1H3. The zero-order valence-electron chi connectivity index (χ0n) is 10.1. The highest BCUT2D eigenvalue weighted by molar-refractivity contribution is 6.42. The van der Waals surface area contributed by atoms with Gasteiger partial charge in [-0.25, -0.2) is 0 Å². The second-order valence-corrected chi connectivity index (χ2v) is 5.22. The molecule has 96 valence electrons. The van der Waals surface area contributed by atoms with Gasteiger partial charge in [-0.2, -0.15) is 5.26 Å². The molecule has 18 heavy (non-hydrogen) atoms. The molecule has 0 unspecified atom stereocenters. The van der Waals surface area contributed by atoms with Crippen LogP contribution >= 0.6 is 23.2 Å². The van der Waals surface area contributed by atoms with Gasteiger partial charge in [0.2, 0.25) is 0 Å². The number of nitrogens with one attached hydrogen (secondary N) is 1. The normalized spacial score (nSPS) is 18.1. The van der Waals surface area contributed by atoms with Crippen molar-refractivity contribution in [3.8, 4) is 11.8 Å². The fourth-order valence-corrected chi connectivity index (χ4v) is 2.68. The van der Waals surface area contributed by atoms with Crippen LogP contribution in [-0.2, 0) is 5.41 Å². The Bertz CT molecular complexity index is 490. The van der Waals surface area contributed by atoms with Crippen molar-refractivity contribution in [2.45, 2.75) is 18.3 Å². The molecule has 0 saturated carbocycles. The van der Waals surface area contributed by atoms with Gasteiger partial charge in [-0.3, -0.25) is 0 Å². The third kappa shape index (κ3) is 2.29. The summed E-state index contributed by atoms with van der Waals surface area (Å²) in [6.45, 7) is 1.63. The SMILES string of the molecule is COc1cc(Cl)c(Cl)cc1C1(C#N)CCNCC1. The van der Waals surface area contributed by atoms with Gasteiger partial charge in [0.15, 0.2) is 0 Å². The number of nitriles is 1. The second-order valence-electron chi connectivity index (χ2n) is 4.41. The summed E-state index contributed by atoms with van der Waals surface area (Å²) in [5.41, 5.74) is 0.300. The van der Waals surface area contributed by atoms with E-state index in [1.165, 1.54) is 0 Å². The van der Waals surface area contributed by atoms with Crippen LogP contribution in [0, 0.1) is 11.3 Å². The lowest BCUT2D eigenvalue weighted by atomic mass is 9.74. The summed E-state index contributed by atoms with van der Waals surface area (Å²) < 4.78 is 5.35. The van der Waals surface area contributed by atoms with Gasteiger partial charge in [-0.1, -0.05) is 23.2 Å². The smallest absolute Gasteiger partial charge is 0.125 e. The minimum atomic E-state index is -0.537. The predicted molar refractivity (Wildman–Crippen MR) is 72.4 cm³/mol. The van der Waals surface area contributed by atoms with Gasteiger partial charge in [0.25, 0.3) is 0 Å². The predicted octanol–water partition coefficient (Wildman–Crippen LogP) is 3.15. The van der Waals surface area contributed by atoms with E-state index in [9.17, 15) is 5.26 Å². The van der Waals surface area contributed by atoms with E-state index in [-0.39, 0.29) is 0 Å². The topological polar surface area (TPSA) is 45.0 Å². The number of halogens is 2. The van der Waals surface area contributed by atoms with Crippen LogP contribution in [-0.4, -0.2) is 20.2 Å². The highest BCUT2D eigenvalue weighted by Crippen LogP contribution is 2.41. The van der Waals surface area contributed by atoms with Crippen molar-refractivity contribution in [2.75, 3.05) is 20.2 Å². The molecule has 1 aliphatic rings. The average molecular weight is 285 g/mol. The average Bonchev–Trinajstić information content (AvgIpc) is 2.42. The van der Waals surface area contributed by atoms with Crippen LogP contribution in [0.2, 0.25) is 10.0 Å². The van der Waals surface area contributed by atoms with Crippen LogP contribution in [0.4, 0.5) is 0 Å². The monoisotopic (exact) mass is 284 g/mol. The second kappa shape index (κ2) is 5.36. The Labute approximate surface area is 117 Å². The maximum absolute atomic E-state index is 9.57. The van der Waals surface area contributed by atoms with E-state index in [2.05, 4.69) is 11.4 Å². The Kier molecular flexibility index (Phi) is 4.01. The molecule has 0 radical (unpaired) electrons. The molecule has 0 bridgehead atoms. The Morgan fingerprint density at radius 3 is 2.44 bits per heavy atom. The van der Waals surface area contributed by atoms with Crippen LogP contribution in [0.25, 0.3) is 0 Å². The van der Waals surface area contributed by atoms with E-state index in [1.807, 2.05) is 0 Å². The van der Waals surface area contributed by atoms with Crippen molar-refractivity contribution in [1.29, 1.82) is 5.26 Å². The Balaban J connectivity index is 2.54. The Morgan fingerprint density at radius 2 is 1.89 bits per heavy atom. The lowest BCUT2D eigenvalue weighted by molar-refractivity contribution is 0.353. The van der Waals surface area contributed by atoms with Crippen molar-refractivity contribution in [3.05, 3.63) is 27.7 Å². The van der Waals surface area contributed by atoms with Crippen LogP contribution in [0.5, 0.6) is 5.75 Å². The van der Waals surface area contributed by atoms with E-state index in [4.69, 9.17) is 27.9 Å². The van der Waals surface area contributed by atoms with Crippen molar-refractivity contribution < 1.29 is 4.74 Å². The summed E-state index contributed by atoms with van der Waals surface area (Å²) in [5.74, 6) is 0.632. The molecule has 0 aliphatic carbocycles. The minimum absolute atomic E-state index is 0.444. The molecule has 1 heterocycles. The maximum Gasteiger partial charge on any atom is 0.125 e. The first-order valence-electron chi connectivity index (χ1n) is 5.78. The van der Waals surface area contributed by atoms with E-state index >= 15 is 0 Å². The molecule has 0 atom stereocenters. The summed E-state index contributed by atoms with van der Waals surface area (Å²) >= 11 is 12.1. The molecule has 0 amide bonds. The molecule has 1 aromatic rings. The molecular weight excluding hydrogens is 271 g/mol. The first-order valence-corrected chi connectivity index (χ1v) is 6.54. The van der Waals surface area contributed by atoms with Crippen LogP contribution in [0.3, 0.4) is 0 Å². The number of hydrogen-bond donors (Lipinski definition) is 1. The highest BCUT2D eigenvalue weighted by Gasteiger charge is 2.37. The summed E-state index contributed by atoms with van der Waals surface area (Å²) in [5, 5.41) is 13.7. The number of nitrogens with zero attached hydrogens (tertiary/aromatic N) is 1. The van der Waals surface area contributed by atoms with E-state index in [1.54, 1.807) is 19.2 Å². The summed E-state index contributed by atoms with van der Waals surface area (Å²) in [6.07, 6.45) is 1.50. The minimum Gasteiger partial charge on any atom is -0.496 e. The number of ether oxygens (including phenoxy) is 1. The molecule has 2 rings (SSSR count). The lowest BCUT2D eigenvalue weighted by Gasteiger charge is -2.32. The van der Waals surface area contributed by atoms with Crippen LogP contribution < -0.4 is 10.1 Å². The van der Waals surface area contributed by atoms with E-state index < -0.39 is 5.41 Å². The first kappa shape index (κ1) is 13.5. The molecule has 1 saturated heterocycles. The fourth-order valence-electron chi connectivity index (χ4n) is 2.37. The molecule has 1 aromatic carbocycles. The van der Waals surface area contributed by atoms with Gasteiger partial charge in [-0.05, 0) is 32.0 Å².